The van der Waals surface area contributed by atoms with E-state index in [0.717, 1.165) is 29.3 Å². The van der Waals surface area contributed by atoms with Crippen LogP contribution in [0.15, 0.2) is 0 Å². The summed E-state index contributed by atoms with van der Waals surface area (Å²) in [6, 6.07) is 0.380. The molecule has 1 N–H and O–H groups in total. The normalized spacial score (nSPS) is 46.3. The number of carbonyl (C=O) groups excluding carboxylic acids is 1. The number of carbonyl (C=O) groups is 1. The molecule has 5 fully saturated rings. The summed E-state index contributed by atoms with van der Waals surface area (Å²) < 4.78 is 0. The highest BCUT2D eigenvalue weighted by Gasteiger charge is 2.53. The van der Waals surface area contributed by atoms with Gasteiger partial charge in [0.1, 0.15) is 0 Å². The summed E-state index contributed by atoms with van der Waals surface area (Å²) in [5.74, 6) is 6.56. The van der Waals surface area contributed by atoms with E-state index in [0.29, 0.717) is 17.4 Å². The molecular formula is C17H27NOS2. The maximum Gasteiger partial charge on any atom is 0.234 e. The van der Waals surface area contributed by atoms with Crippen LogP contribution in [-0.4, -0.2) is 34.5 Å². The van der Waals surface area contributed by atoms with Crippen LogP contribution < -0.4 is 5.32 Å². The molecule has 4 heteroatoms. The van der Waals surface area contributed by atoms with Crippen molar-refractivity contribution in [2.24, 2.45) is 23.2 Å². The van der Waals surface area contributed by atoms with Gasteiger partial charge >= 0.3 is 0 Å². The Morgan fingerprint density at radius 1 is 1.10 bits per heavy atom. The second-order valence-electron chi connectivity index (χ2n) is 7.94. The lowest BCUT2D eigenvalue weighted by Crippen LogP contribution is -2.57. The molecular weight excluding hydrogens is 298 g/mol. The molecule has 118 valence electrons. The van der Waals surface area contributed by atoms with Crippen molar-refractivity contribution in [3.63, 3.8) is 0 Å². The van der Waals surface area contributed by atoms with E-state index in [1.165, 1.54) is 44.3 Å². The second kappa shape index (κ2) is 5.67. The molecule has 4 bridgehead atoms. The number of amides is 1. The van der Waals surface area contributed by atoms with Crippen LogP contribution in [0.5, 0.6) is 0 Å². The highest BCUT2D eigenvalue weighted by Crippen LogP contribution is 2.61. The highest BCUT2D eigenvalue weighted by molar-refractivity contribution is 8.07. The Morgan fingerprint density at radius 2 is 1.71 bits per heavy atom. The van der Waals surface area contributed by atoms with Gasteiger partial charge in [-0.15, -0.1) is 11.8 Å². The lowest BCUT2D eigenvalue weighted by Gasteiger charge is -2.59. The maximum absolute atomic E-state index is 12.6. The monoisotopic (exact) mass is 325 g/mol. The van der Waals surface area contributed by atoms with Gasteiger partial charge in [0.05, 0.1) is 5.25 Å². The lowest BCUT2D eigenvalue weighted by molar-refractivity contribution is -0.125. The Hall–Kier alpha value is 0.170. The summed E-state index contributed by atoms with van der Waals surface area (Å²) in [6.45, 7) is 2.30. The molecule has 0 radical (unpaired) electrons. The number of hydrogen-bond acceptors (Lipinski definition) is 3. The predicted molar refractivity (Wildman–Crippen MR) is 91.8 cm³/mol. The molecule has 1 aliphatic heterocycles. The van der Waals surface area contributed by atoms with E-state index in [-0.39, 0.29) is 5.25 Å². The fraction of sp³-hybridized carbons (Fsp3) is 0.941. The van der Waals surface area contributed by atoms with Crippen molar-refractivity contribution < 1.29 is 4.79 Å². The smallest absolute Gasteiger partial charge is 0.234 e. The van der Waals surface area contributed by atoms with Gasteiger partial charge in [0.2, 0.25) is 5.91 Å². The van der Waals surface area contributed by atoms with Crippen LogP contribution in [-0.2, 0) is 4.79 Å². The molecule has 5 rings (SSSR count). The SMILES string of the molecule is CC(NC(=O)C1CSCCS1)C12CC3CC(CC(C3)C1)C2. The molecule has 4 saturated carbocycles. The van der Waals surface area contributed by atoms with Gasteiger partial charge in [-0.2, -0.15) is 11.8 Å². The topological polar surface area (TPSA) is 29.1 Å². The van der Waals surface area contributed by atoms with E-state index in [9.17, 15) is 4.79 Å². The van der Waals surface area contributed by atoms with Crippen molar-refractivity contribution in [3.05, 3.63) is 0 Å². The second-order valence-corrected chi connectivity index (χ2v) is 10.4. The number of thioether (sulfide) groups is 2. The third-order valence-corrected chi connectivity index (χ3v) is 9.23. The van der Waals surface area contributed by atoms with Gasteiger partial charge in [-0.1, -0.05) is 0 Å². The zero-order valence-electron chi connectivity index (χ0n) is 13.0. The van der Waals surface area contributed by atoms with Crippen molar-refractivity contribution in [2.75, 3.05) is 17.3 Å². The molecule has 21 heavy (non-hydrogen) atoms. The minimum atomic E-state index is 0.195. The standard InChI is InChI=1S/C17H27NOS2/c1-11(18-16(19)15-10-20-2-3-21-15)17-7-12-4-13(8-17)6-14(5-12)9-17/h11-15H,2-10H2,1H3,(H,18,19). The molecule has 0 aromatic carbocycles. The van der Waals surface area contributed by atoms with Crippen LogP contribution in [0.1, 0.15) is 45.4 Å². The van der Waals surface area contributed by atoms with E-state index in [1.807, 2.05) is 23.5 Å². The first-order valence-electron chi connectivity index (χ1n) is 8.64. The zero-order valence-corrected chi connectivity index (χ0v) is 14.6. The molecule has 2 nitrogen and oxygen atoms in total. The van der Waals surface area contributed by atoms with Crippen molar-refractivity contribution in [1.82, 2.24) is 5.32 Å². The third-order valence-electron chi connectivity index (χ3n) is 6.47. The Kier molecular flexibility index (Phi) is 3.98. The van der Waals surface area contributed by atoms with Crippen molar-refractivity contribution >= 4 is 29.4 Å². The maximum atomic E-state index is 12.6. The molecule has 1 heterocycles. The van der Waals surface area contributed by atoms with Crippen LogP contribution >= 0.6 is 23.5 Å². The van der Waals surface area contributed by atoms with E-state index in [2.05, 4.69) is 12.2 Å². The Labute approximate surface area is 137 Å². The predicted octanol–water partition coefficient (Wildman–Crippen LogP) is 3.56. The first-order chi connectivity index (χ1) is 10.1. The van der Waals surface area contributed by atoms with Gasteiger partial charge < -0.3 is 5.32 Å². The lowest BCUT2D eigenvalue weighted by atomic mass is 9.48. The third kappa shape index (κ3) is 2.75. The molecule has 0 aromatic heterocycles. The summed E-state index contributed by atoms with van der Waals surface area (Å²) in [5.41, 5.74) is 0.441. The van der Waals surface area contributed by atoms with Gasteiger partial charge in [-0.25, -0.2) is 0 Å². The quantitative estimate of drug-likeness (QED) is 0.860. The molecule has 2 atom stereocenters. The molecule has 4 aliphatic carbocycles. The summed E-state index contributed by atoms with van der Waals surface area (Å²) >= 11 is 3.79. The number of nitrogens with one attached hydrogen (secondary N) is 1. The van der Waals surface area contributed by atoms with Crippen LogP contribution in [0.3, 0.4) is 0 Å². The van der Waals surface area contributed by atoms with Crippen molar-refractivity contribution in [1.29, 1.82) is 0 Å². The van der Waals surface area contributed by atoms with Gasteiger partial charge in [0.25, 0.3) is 0 Å². The van der Waals surface area contributed by atoms with Gasteiger partial charge in [0, 0.05) is 23.3 Å². The fourth-order valence-corrected chi connectivity index (χ4v) is 8.37. The highest BCUT2D eigenvalue weighted by atomic mass is 32.2. The van der Waals surface area contributed by atoms with Gasteiger partial charge in [-0.05, 0) is 68.6 Å². The van der Waals surface area contributed by atoms with Crippen LogP contribution in [0, 0.1) is 23.2 Å². The van der Waals surface area contributed by atoms with E-state index in [4.69, 9.17) is 0 Å². The minimum absolute atomic E-state index is 0.195. The van der Waals surface area contributed by atoms with Crippen LogP contribution in [0.2, 0.25) is 0 Å². The van der Waals surface area contributed by atoms with Crippen molar-refractivity contribution in [2.45, 2.75) is 56.7 Å². The first-order valence-corrected chi connectivity index (χ1v) is 10.8. The fourth-order valence-electron chi connectivity index (χ4n) is 5.81. The summed E-state index contributed by atoms with van der Waals surface area (Å²) in [6.07, 6.45) is 8.59. The number of hydrogen-bond donors (Lipinski definition) is 1. The largest absolute Gasteiger partial charge is 0.352 e. The zero-order chi connectivity index (χ0) is 14.4. The Morgan fingerprint density at radius 3 is 2.24 bits per heavy atom. The molecule has 1 amide bonds. The Balaban J connectivity index is 1.42. The first kappa shape index (κ1) is 14.7. The van der Waals surface area contributed by atoms with Gasteiger partial charge in [0.15, 0.2) is 0 Å². The summed E-state index contributed by atoms with van der Waals surface area (Å²) in [5, 5.41) is 3.63. The Bertz CT molecular complexity index is 384. The van der Waals surface area contributed by atoms with E-state index in [1.54, 1.807) is 0 Å². The van der Waals surface area contributed by atoms with E-state index >= 15 is 0 Å². The average Bonchev–Trinajstić information content (AvgIpc) is 2.46. The summed E-state index contributed by atoms with van der Waals surface area (Å²) in [7, 11) is 0. The van der Waals surface area contributed by atoms with Crippen LogP contribution in [0.25, 0.3) is 0 Å². The molecule has 0 spiro atoms. The van der Waals surface area contributed by atoms with E-state index < -0.39 is 0 Å². The summed E-state index contributed by atoms with van der Waals surface area (Å²) in [4.78, 5) is 12.6. The van der Waals surface area contributed by atoms with Crippen molar-refractivity contribution in [3.8, 4) is 0 Å². The van der Waals surface area contributed by atoms with Crippen LogP contribution in [0.4, 0.5) is 0 Å². The number of rotatable bonds is 3. The average molecular weight is 326 g/mol. The molecule has 2 unspecified atom stereocenters. The molecule has 1 saturated heterocycles. The molecule has 5 aliphatic rings. The minimum Gasteiger partial charge on any atom is -0.352 e. The van der Waals surface area contributed by atoms with Gasteiger partial charge in [-0.3, -0.25) is 4.79 Å². The molecule has 0 aromatic rings.